The number of rotatable bonds is 5. The maximum atomic E-state index is 12.2. The number of hydrogen-bond donors (Lipinski definition) is 1. The van der Waals surface area contributed by atoms with Crippen LogP contribution in [-0.2, 0) is 11.3 Å². The lowest BCUT2D eigenvalue weighted by Crippen LogP contribution is -2.16. The number of amides is 1. The van der Waals surface area contributed by atoms with Gasteiger partial charge in [0, 0.05) is 14.5 Å². The Balaban J connectivity index is 1.97. The van der Waals surface area contributed by atoms with Gasteiger partial charge in [-0.15, -0.1) is 0 Å². The fourth-order valence-corrected chi connectivity index (χ4v) is 2.53. The molecular weight excluding hydrogens is 455 g/mol. The third-order valence-electron chi connectivity index (χ3n) is 2.93. The third-order valence-corrected chi connectivity index (χ3v) is 4.11. The zero-order chi connectivity index (χ0) is 17.7. The minimum atomic E-state index is -4.35. The molecule has 0 aliphatic rings. The molecule has 0 saturated heterocycles. The van der Waals surface area contributed by atoms with Gasteiger partial charge in [0.05, 0.1) is 12.3 Å². The molecule has 0 aromatic heterocycles. The molecule has 0 unspecified atom stereocenters. The normalized spacial score (nSPS) is 11.4. The largest absolute Gasteiger partial charge is 0.411 e. The number of hydrogen-bond acceptors (Lipinski definition) is 2. The second kappa shape index (κ2) is 8.13. The third kappa shape index (κ3) is 5.92. The molecule has 0 saturated carbocycles. The van der Waals surface area contributed by atoms with Gasteiger partial charge in [-0.25, -0.2) is 0 Å². The summed E-state index contributed by atoms with van der Waals surface area (Å²) in [4.78, 5) is 12.2. The van der Waals surface area contributed by atoms with E-state index < -0.39 is 12.8 Å². The van der Waals surface area contributed by atoms with Gasteiger partial charge in [0.2, 0.25) is 0 Å². The van der Waals surface area contributed by atoms with Crippen LogP contribution in [0.3, 0.4) is 0 Å². The number of ether oxygens (including phenoxy) is 1. The van der Waals surface area contributed by atoms with Crippen LogP contribution in [0.15, 0.2) is 51.4 Å². The van der Waals surface area contributed by atoms with Crippen LogP contribution in [0.4, 0.5) is 18.9 Å². The summed E-state index contributed by atoms with van der Waals surface area (Å²) < 4.78 is 42.2. The first-order valence-electron chi connectivity index (χ1n) is 6.74. The summed E-state index contributed by atoms with van der Waals surface area (Å²) in [6.45, 7) is -1.47. The van der Waals surface area contributed by atoms with Gasteiger partial charge in [0.15, 0.2) is 0 Å². The van der Waals surface area contributed by atoms with Gasteiger partial charge < -0.3 is 10.1 Å². The Labute approximate surface area is 153 Å². The van der Waals surface area contributed by atoms with Crippen molar-refractivity contribution in [3.63, 3.8) is 0 Å². The summed E-state index contributed by atoms with van der Waals surface area (Å²) in [7, 11) is 0. The summed E-state index contributed by atoms with van der Waals surface area (Å²) in [5, 5.41) is 2.75. The molecule has 24 heavy (non-hydrogen) atoms. The van der Waals surface area contributed by atoms with E-state index in [1.165, 1.54) is 12.1 Å². The monoisotopic (exact) mass is 465 g/mol. The Kier molecular flexibility index (Phi) is 6.42. The predicted molar refractivity (Wildman–Crippen MR) is 91.9 cm³/mol. The highest BCUT2D eigenvalue weighted by molar-refractivity contribution is 9.11. The van der Waals surface area contributed by atoms with Gasteiger partial charge in [-0.05, 0) is 51.8 Å². The van der Waals surface area contributed by atoms with Gasteiger partial charge >= 0.3 is 6.18 Å². The zero-order valence-corrected chi connectivity index (χ0v) is 15.3. The van der Waals surface area contributed by atoms with Crippen molar-refractivity contribution in [1.29, 1.82) is 0 Å². The van der Waals surface area contributed by atoms with E-state index in [0.29, 0.717) is 16.8 Å². The molecule has 0 fully saturated rings. The van der Waals surface area contributed by atoms with E-state index in [1.807, 2.05) is 6.07 Å². The summed E-state index contributed by atoms with van der Waals surface area (Å²) in [6.07, 6.45) is -4.35. The number of halogens is 5. The molecule has 128 valence electrons. The number of carbonyl (C=O) groups is 1. The molecule has 2 aromatic rings. The molecule has 1 N–H and O–H groups in total. The molecule has 3 nitrogen and oxygen atoms in total. The smallest absolute Gasteiger partial charge is 0.367 e. The van der Waals surface area contributed by atoms with Gasteiger partial charge in [0.25, 0.3) is 5.91 Å². The van der Waals surface area contributed by atoms with Crippen LogP contribution in [0.1, 0.15) is 15.9 Å². The van der Waals surface area contributed by atoms with Crippen LogP contribution < -0.4 is 5.32 Å². The molecule has 2 rings (SSSR count). The molecule has 8 heteroatoms. The summed E-state index contributed by atoms with van der Waals surface area (Å²) in [6, 6.07) is 11.6. The van der Waals surface area contributed by atoms with Gasteiger partial charge in [-0.3, -0.25) is 4.79 Å². The number of benzene rings is 2. The number of alkyl halides is 3. The van der Waals surface area contributed by atoms with Crippen molar-refractivity contribution in [3.8, 4) is 0 Å². The zero-order valence-electron chi connectivity index (χ0n) is 12.2. The molecule has 2 aromatic carbocycles. The second-order valence-electron chi connectivity index (χ2n) is 4.88. The highest BCUT2D eigenvalue weighted by Crippen LogP contribution is 2.26. The van der Waals surface area contributed by atoms with E-state index in [2.05, 4.69) is 41.9 Å². The van der Waals surface area contributed by atoms with Crippen LogP contribution in [0.5, 0.6) is 0 Å². The van der Waals surface area contributed by atoms with E-state index >= 15 is 0 Å². The van der Waals surface area contributed by atoms with Gasteiger partial charge in [-0.2, -0.15) is 13.2 Å². The Morgan fingerprint density at radius 1 is 1.08 bits per heavy atom. The van der Waals surface area contributed by atoms with Crippen molar-refractivity contribution >= 4 is 43.5 Å². The van der Waals surface area contributed by atoms with E-state index in [4.69, 9.17) is 0 Å². The van der Waals surface area contributed by atoms with E-state index in [0.717, 1.165) is 8.95 Å². The van der Waals surface area contributed by atoms with Crippen LogP contribution in [0, 0.1) is 0 Å². The average molecular weight is 467 g/mol. The summed E-state index contributed by atoms with van der Waals surface area (Å²) in [5.41, 5.74) is 1.55. The lowest BCUT2D eigenvalue weighted by atomic mass is 10.1. The number of nitrogens with one attached hydrogen (secondary N) is 1. The summed E-state index contributed by atoms with van der Waals surface area (Å²) in [5.74, 6) is -0.323. The van der Waals surface area contributed by atoms with Crippen LogP contribution in [-0.4, -0.2) is 18.7 Å². The molecule has 0 radical (unpaired) electrons. The molecule has 0 spiro atoms. The first-order valence-corrected chi connectivity index (χ1v) is 8.33. The molecule has 0 heterocycles. The van der Waals surface area contributed by atoms with E-state index in [9.17, 15) is 18.0 Å². The lowest BCUT2D eigenvalue weighted by molar-refractivity contribution is -0.176. The molecule has 0 aliphatic heterocycles. The second-order valence-corrected chi connectivity index (χ2v) is 6.65. The average Bonchev–Trinajstić information content (AvgIpc) is 2.50. The number of carbonyl (C=O) groups excluding carboxylic acids is 1. The highest BCUT2D eigenvalue weighted by Gasteiger charge is 2.27. The maximum absolute atomic E-state index is 12.2. The van der Waals surface area contributed by atoms with E-state index in [1.54, 1.807) is 24.3 Å². The Hall–Kier alpha value is -1.38. The van der Waals surface area contributed by atoms with E-state index in [-0.39, 0.29) is 12.5 Å². The van der Waals surface area contributed by atoms with Crippen molar-refractivity contribution < 1.29 is 22.7 Å². The SMILES string of the molecule is O=C(Nc1cc(Br)ccc1Br)c1ccc(COCC(F)(F)F)cc1. The Morgan fingerprint density at radius 3 is 2.38 bits per heavy atom. The minimum Gasteiger partial charge on any atom is -0.367 e. The van der Waals surface area contributed by atoms with Crippen molar-refractivity contribution in [2.45, 2.75) is 12.8 Å². The van der Waals surface area contributed by atoms with Crippen LogP contribution in [0.25, 0.3) is 0 Å². The van der Waals surface area contributed by atoms with Crippen LogP contribution in [0.2, 0.25) is 0 Å². The first kappa shape index (κ1) is 19.0. The lowest BCUT2D eigenvalue weighted by Gasteiger charge is -2.09. The quantitative estimate of drug-likeness (QED) is 0.628. The molecule has 0 atom stereocenters. The fraction of sp³-hybridized carbons (Fsp3) is 0.188. The van der Waals surface area contributed by atoms with Crippen molar-refractivity contribution in [1.82, 2.24) is 0 Å². The molecule has 1 amide bonds. The topological polar surface area (TPSA) is 38.3 Å². The maximum Gasteiger partial charge on any atom is 0.411 e. The predicted octanol–water partition coefficient (Wildman–Crippen LogP) is 5.54. The molecular formula is C16H12Br2F3NO2. The van der Waals surface area contributed by atoms with Crippen molar-refractivity contribution in [3.05, 3.63) is 62.5 Å². The highest BCUT2D eigenvalue weighted by atomic mass is 79.9. The molecule has 0 aliphatic carbocycles. The number of anilines is 1. The van der Waals surface area contributed by atoms with Gasteiger partial charge in [-0.1, -0.05) is 28.1 Å². The fourth-order valence-electron chi connectivity index (χ4n) is 1.82. The minimum absolute atomic E-state index is 0.168. The standard InChI is InChI=1S/C16H12Br2F3NO2/c17-12-5-6-13(18)14(7-12)22-15(23)11-3-1-10(2-4-11)8-24-9-16(19,20)21/h1-7H,8-9H2,(H,22,23). The van der Waals surface area contributed by atoms with Crippen LogP contribution >= 0.6 is 31.9 Å². The van der Waals surface area contributed by atoms with Crippen molar-refractivity contribution in [2.75, 3.05) is 11.9 Å². The van der Waals surface area contributed by atoms with Gasteiger partial charge in [0.1, 0.15) is 6.61 Å². The Morgan fingerprint density at radius 2 is 1.75 bits per heavy atom. The summed E-state index contributed by atoms with van der Waals surface area (Å²) >= 11 is 6.67. The first-order chi connectivity index (χ1) is 11.2. The molecule has 0 bridgehead atoms. The van der Waals surface area contributed by atoms with Crippen molar-refractivity contribution in [2.24, 2.45) is 0 Å². The Bertz CT molecular complexity index is 718.